The fourth-order valence-electron chi connectivity index (χ4n) is 3.61. The Hall–Kier alpha value is -2.93. The fourth-order valence-corrected chi connectivity index (χ4v) is 3.61. The Morgan fingerprint density at radius 2 is 1.86 bits per heavy atom. The summed E-state index contributed by atoms with van der Waals surface area (Å²) in [6.07, 6.45) is 1.37. The Balaban J connectivity index is 1.84. The maximum atomic E-state index is 13.2. The number of anilines is 1. The molecule has 0 spiro atoms. The van der Waals surface area contributed by atoms with Crippen molar-refractivity contribution in [1.29, 1.82) is 0 Å². The fraction of sp³-hybridized carbons (Fsp3) is 0.409. The number of carbonyl (C=O) groups is 1. The van der Waals surface area contributed by atoms with E-state index in [2.05, 4.69) is 0 Å². The largest absolute Gasteiger partial charge is 0.504 e. The number of phenolic OH excluding ortho intramolecular Hbond substituents is 1. The van der Waals surface area contributed by atoms with Crippen molar-refractivity contribution in [2.45, 2.75) is 32.4 Å². The second kappa shape index (κ2) is 9.05. The number of methoxy groups -OCH3 is 2. The first kappa shape index (κ1) is 20.8. The van der Waals surface area contributed by atoms with Crippen LogP contribution in [0.15, 0.2) is 36.4 Å². The van der Waals surface area contributed by atoms with Crippen LogP contribution < -0.4 is 14.4 Å². The molecule has 0 bridgehead atoms. The molecule has 2 aromatic rings. The van der Waals surface area contributed by atoms with Crippen LogP contribution in [0.2, 0.25) is 0 Å². The predicted molar refractivity (Wildman–Crippen MR) is 111 cm³/mol. The highest BCUT2D eigenvalue weighted by Gasteiger charge is 2.32. The number of aliphatic hydroxyl groups excluding tert-OH is 1. The summed E-state index contributed by atoms with van der Waals surface area (Å²) in [6, 6.07) is 10.7. The van der Waals surface area contributed by atoms with Crippen LogP contribution in [0, 0.1) is 0 Å². The molecule has 2 aromatic carbocycles. The Labute approximate surface area is 171 Å². The number of ether oxygens (including phenoxy) is 2. The Bertz CT molecular complexity index is 870. The molecular formula is C22H28N2O5. The van der Waals surface area contributed by atoms with Crippen LogP contribution in [0.3, 0.4) is 0 Å². The van der Waals surface area contributed by atoms with E-state index >= 15 is 0 Å². The van der Waals surface area contributed by atoms with E-state index in [1.165, 1.54) is 7.11 Å². The molecule has 0 aromatic heterocycles. The number of hydrogen-bond acceptors (Lipinski definition) is 5. The zero-order chi connectivity index (χ0) is 21.0. The van der Waals surface area contributed by atoms with Crippen molar-refractivity contribution in [3.05, 3.63) is 47.5 Å². The van der Waals surface area contributed by atoms with Crippen LogP contribution in [-0.4, -0.2) is 54.6 Å². The van der Waals surface area contributed by atoms with E-state index in [0.717, 1.165) is 17.5 Å². The van der Waals surface area contributed by atoms with Gasteiger partial charge in [0.05, 0.1) is 20.8 Å². The van der Waals surface area contributed by atoms with Gasteiger partial charge in [0.1, 0.15) is 5.75 Å². The first-order chi connectivity index (χ1) is 14.0. The van der Waals surface area contributed by atoms with Crippen LogP contribution in [-0.2, 0) is 13.0 Å². The molecule has 7 heteroatoms. The van der Waals surface area contributed by atoms with E-state index in [1.54, 1.807) is 30.2 Å². The van der Waals surface area contributed by atoms with Gasteiger partial charge in [-0.1, -0.05) is 12.1 Å². The average Bonchev–Trinajstić information content (AvgIpc) is 2.72. The molecule has 0 unspecified atom stereocenters. The van der Waals surface area contributed by atoms with Gasteiger partial charge < -0.3 is 24.6 Å². The molecule has 0 radical (unpaired) electrons. The van der Waals surface area contributed by atoms with Gasteiger partial charge in [-0.15, -0.1) is 0 Å². The molecular weight excluding hydrogens is 372 g/mol. The first-order valence-electron chi connectivity index (χ1n) is 9.70. The SMILES string of the molecule is COc1ccc(N2CC[C@H](C)N(Cc3ccc(CCO)cc3OC)C2=O)cc1O. The highest BCUT2D eigenvalue weighted by molar-refractivity contribution is 5.93. The number of carbonyl (C=O) groups excluding carboxylic acids is 1. The number of aliphatic hydroxyl groups is 1. The van der Waals surface area contributed by atoms with Gasteiger partial charge in [-0.2, -0.15) is 0 Å². The number of hydrogen-bond donors (Lipinski definition) is 2. The molecule has 156 valence electrons. The van der Waals surface area contributed by atoms with Crippen molar-refractivity contribution in [3.8, 4) is 17.2 Å². The van der Waals surface area contributed by atoms with Gasteiger partial charge in [0.25, 0.3) is 0 Å². The highest BCUT2D eigenvalue weighted by atomic mass is 16.5. The zero-order valence-corrected chi connectivity index (χ0v) is 17.1. The number of phenols is 1. The van der Waals surface area contributed by atoms with Crippen LogP contribution in [0.4, 0.5) is 10.5 Å². The minimum absolute atomic E-state index is 0.00381. The molecule has 1 aliphatic heterocycles. The maximum absolute atomic E-state index is 13.2. The monoisotopic (exact) mass is 400 g/mol. The van der Waals surface area contributed by atoms with Gasteiger partial charge in [0.15, 0.2) is 11.5 Å². The molecule has 2 amide bonds. The van der Waals surface area contributed by atoms with Crippen molar-refractivity contribution in [1.82, 2.24) is 4.90 Å². The predicted octanol–water partition coefficient (Wildman–Crippen LogP) is 3.17. The number of urea groups is 1. The number of amides is 2. The minimum atomic E-state index is -0.116. The van der Waals surface area contributed by atoms with Gasteiger partial charge in [-0.05, 0) is 43.5 Å². The second-order valence-corrected chi connectivity index (χ2v) is 7.18. The van der Waals surface area contributed by atoms with E-state index in [1.807, 2.05) is 30.0 Å². The average molecular weight is 400 g/mol. The van der Waals surface area contributed by atoms with E-state index in [9.17, 15) is 9.90 Å². The van der Waals surface area contributed by atoms with Crippen LogP contribution in [0.5, 0.6) is 17.2 Å². The molecule has 2 N–H and O–H groups in total. The number of nitrogens with zero attached hydrogens (tertiary/aromatic N) is 2. The maximum Gasteiger partial charge on any atom is 0.325 e. The van der Waals surface area contributed by atoms with Crippen molar-refractivity contribution in [2.75, 3.05) is 32.3 Å². The number of aromatic hydroxyl groups is 1. The Morgan fingerprint density at radius 3 is 2.52 bits per heavy atom. The molecule has 1 heterocycles. The first-order valence-corrected chi connectivity index (χ1v) is 9.70. The smallest absolute Gasteiger partial charge is 0.325 e. The lowest BCUT2D eigenvalue weighted by Crippen LogP contribution is -2.53. The lowest BCUT2D eigenvalue weighted by molar-refractivity contribution is 0.165. The van der Waals surface area contributed by atoms with E-state index in [0.29, 0.717) is 36.7 Å². The van der Waals surface area contributed by atoms with E-state index in [4.69, 9.17) is 14.6 Å². The third-order valence-electron chi connectivity index (χ3n) is 5.35. The highest BCUT2D eigenvalue weighted by Crippen LogP contribution is 2.33. The van der Waals surface area contributed by atoms with Gasteiger partial charge in [0, 0.05) is 36.5 Å². The van der Waals surface area contributed by atoms with Gasteiger partial charge >= 0.3 is 6.03 Å². The normalized spacial score (nSPS) is 16.8. The van der Waals surface area contributed by atoms with Crippen molar-refractivity contribution >= 4 is 11.7 Å². The molecule has 29 heavy (non-hydrogen) atoms. The van der Waals surface area contributed by atoms with Crippen LogP contribution >= 0.6 is 0 Å². The Kier molecular flexibility index (Phi) is 6.49. The summed E-state index contributed by atoms with van der Waals surface area (Å²) in [5, 5.41) is 19.2. The van der Waals surface area contributed by atoms with Gasteiger partial charge in [-0.3, -0.25) is 4.90 Å². The summed E-state index contributed by atoms with van der Waals surface area (Å²) >= 11 is 0. The molecule has 3 rings (SSSR count). The molecule has 1 saturated heterocycles. The zero-order valence-electron chi connectivity index (χ0n) is 17.1. The van der Waals surface area contributed by atoms with Crippen molar-refractivity contribution in [2.24, 2.45) is 0 Å². The summed E-state index contributed by atoms with van der Waals surface area (Å²) in [5.41, 5.74) is 2.53. The van der Waals surface area contributed by atoms with Gasteiger partial charge in [-0.25, -0.2) is 4.79 Å². The molecule has 0 saturated carbocycles. The summed E-state index contributed by atoms with van der Waals surface area (Å²) in [6.45, 7) is 3.11. The summed E-state index contributed by atoms with van der Waals surface area (Å²) < 4.78 is 10.6. The molecule has 1 aliphatic rings. The number of benzene rings is 2. The molecule has 1 atom stereocenters. The minimum Gasteiger partial charge on any atom is -0.504 e. The topological polar surface area (TPSA) is 82.5 Å². The molecule has 7 nitrogen and oxygen atoms in total. The van der Waals surface area contributed by atoms with Crippen molar-refractivity contribution < 1.29 is 24.5 Å². The third-order valence-corrected chi connectivity index (χ3v) is 5.35. The summed E-state index contributed by atoms with van der Waals surface area (Å²) in [5.74, 6) is 1.08. The van der Waals surface area contributed by atoms with Crippen LogP contribution in [0.1, 0.15) is 24.5 Å². The van der Waals surface area contributed by atoms with E-state index in [-0.39, 0.29) is 24.4 Å². The van der Waals surface area contributed by atoms with Crippen LogP contribution in [0.25, 0.3) is 0 Å². The third kappa shape index (κ3) is 4.40. The molecule has 1 fully saturated rings. The lowest BCUT2D eigenvalue weighted by Gasteiger charge is -2.40. The second-order valence-electron chi connectivity index (χ2n) is 7.18. The Morgan fingerprint density at radius 1 is 1.10 bits per heavy atom. The molecule has 0 aliphatic carbocycles. The van der Waals surface area contributed by atoms with Crippen molar-refractivity contribution in [3.63, 3.8) is 0 Å². The lowest BCUT2D eigenvalue weighted by atomic mass is 10.0. The quantitative estimate of drug-likeness (QED) is 0.746. The van der Waals surface area contributed by atoms with Gasteiger partial charge in [0.2, 0.25) is 0 Å². The number of rotatable bonds is 7. The summed E-state index contributed by atoms with van der Waals surface area (Å²) in [4.78, 5) is 16.7. The van der Waals surface area contributed by atoms with E-state index < -0.39 is 0 Å². The summed E-state index contributed by atoms with van der Waals surface area (Å²) in [7, 11) is 3.10. The standard InChI is InChI=1S/C22H28N2O5/c1-15-8-10-23(18-6-7-20(28-2)19(26)13-18)22(27)24(15)14-17-5-4-16(9-11-25)12-21(17)29-3/h4-7,12-13,15,25-26H,8-11,14H2,1-3H3/t15-/m0/s1.